The molecule has 0 bridgehead atoms. The van der Waals surface area contributed by atoms with E-state index in [0.717, 1.165) is 78.9 Å². The van der Waals surface area contributed by atoms with Gasteiger partial charge in [-0.1, -0.05) is 207 Å². The zero-order chi connectivity index (χ0) is 52.6. The van der Waals surface area contributed by atoms with Crippen molar-refractivity contribution in [1.82, 2.24) is 9.97 Å². The molecule has 1 spiro atoms. The summed E-state index contributed by atoms with van der Waals surface area (Å²) in [7, 11) is 0. The van der Waals surface area contributed by atoms with Crippen LogP contribution in [0, 0.1) is 5.82 Å². The van der Waals surface area contributed by atoms with Gasteiger partial charge in [0.15, 0.2) is 0 Å². The highest BCUT2D eigenvalue weighted by molar-refractivity contribution is 6.27. The fourth-order valence-electron chi connectivity index (χ4n) is 13.2. The molecule has 0 fully saturated rings. The molecular formula is C74H49FN4. The second-order valence-electron chi connectivity index (χ2n) is 20.6. The summed E-state index contributed by atoms with van der Waals surface area (Å²) >= 11 is 0. The van der Waals surface area contributed by atoms with E-state index in [0.29, 0.717) is 11.6 Å². The van der Waals surface area contributed by atoms with Crippen LogP contribution < -0.4 is 9.80 Å². The van der Waals surface area contributed by atoms with E-state index >= 15 is 4.39 Å². The quantitative estimate of drug-likeness (QED) is 0.152. The first-order valence-corrected chi connectivity index (χ1v) is 26.9. The van der Waals surface area contributed by atoms with Crippen molar-refractivity contribution in [2.24, 2.45) is 0 Å². The molecular weight excluding hydrogens is 964 g/mol. The summed E-state index contributed by atoms with van der Waals surface area (Å²) in [5.41, 5.74) is 20.9. The van der Waals surface area contributed by atoms with Crippen LogP contribution in [0.25, 0.3) is 82.8 Å². The number of hydrogen-bond donors (Lipinski definition) is 0. The summed E-state index contributed by atoms with van der Waals surface area (Å²) in [6.07, 6.45) is 12.9. The van der Waals surface area contributed by atoms with Gasteiger partial charge in [0, 0.05) is 35.0 Å². The van der Waals surface area contributed by atoms with Crippen molar-refractivity contribution in [3.8, 4) is 55.6 Å². The summed E-state index contributed by atoms with van der Waals surface area (Å²) in [5.74, 6) is 0.297. The van der Waals surface area contributed by atoms with Crippen molar-refractivity contribution in [1.29, 1.82) is 0 Å². The molecule has 1 unspecified atom stereocenters. The zero-order valence-electron chi connectivity index (χ0n) is 43.1. The maximum Gasteiger partial charge on any atom is 0.234 e. The van der Waals surface area contributed by atoms with Crippen molar-refractivity contribution in [2.45, 2.75) is 11.8 Å². The Kier molecular flexibility index (Phi) is 10.8. The zero-order valence-corrected chi connectivity index (χ0v) is 43.1. The lowest BCUT2D eigenvalue weighted by Crippen LogP contribution is -2.27. The number of benzene rings is 11. The smallest absolute Gasteiger partial charge is 0.234 e. The SMILES string of the molecule is C=C1/C=C\C=C/CC2(c3ccccc31)c1ccccc1-c1c(N(c3ccc(-c4c5c(c(-c6ccc(N(c7ccccc7)c7ncccn7)cc6)c6ccccc46)-c4cccc6cccc-5c46)cc3)c3ccccc3F)cccc12. The van der Waals surface area contributed by atoms with E-state index in [1.54, 1.807) is 24.5 Å². The first kappa shape index (κ1) is 46.1. The molecule has 4 nitrogen and oxygen atoms in total. The number of anilines is 6. The molecule has 372 valence electrons. The van der Waals surface area contributed by atoms with Gasteiger partial charge in [-0.2, -0.15) is 0 Å². The Hall–Kier alpha value is -10.2. The van der Waals surface area contributed by atoms with Crippen LogP contribution in [-0.4, -0.2) is 9.97 Å². The fourth-order valence-corrected chi connectivity index (χ4v) is 13.2. The Morgan fingerprint density at radius 1 is 0.405 bits per heavy atom. The number of rotatable bonds is 8. The lowest BCUT2D eigenvalue weighted by atomic mass is 9.68. The molecule has 3 aliphatic rings. The van der Waals surface area contributed by atoms with Gasteiger partial charge in [0.05, 0.1) is 16.8 Å². The van der Waals surface area contributed by atoms with E-state index < -0.39 is 5.41 Å². The van der Waals surface area contributed by atoms with Gasteiger partial charge in [0.1, 0.15) is 5.82 Å². The van der Waals surface area contributed by atoms with Gasteiger partial charge in [0.25, 0.3) is 0 Å². The molecule has 79 heavy (non-hydrogen) atoms. The van der Waals surface area contributed by atoms with Gasteiger partial charge in [-0.05, 0) is 167 Å². The molecule has 15 rings (SSSR count). The molecule has 3 aliphatic carbocycles. The molecule has 0 saturated carbocycles. The van der Waals surface area contributed by atoms with Crippen molar-refractivity contribution < 1.29 is 4.39 Å². The standard InChI is InChI=1S/C74H49FN4/c1-48-20-4-3-15-45-74(61-31-11-9-25-55(48)61)62-32-12-10-28-58(62)70-63(74)33-18-36-66(70)79(65-35-14-13-34-64(65)75)54-43-39-51(40-44-54)69-57-27-8-7-26-56(57)68(71-59-29-16-21-49-22-17-30-60(67(49)59)72(69)71)50-37-41-53(42-38-50)78(52-23-5-2-6-24-52)73-76-46-19-47-77-73/h2-44,46-47H,1,45H2/b15-3-,20-4-. The molecule has 5 heteroatoms. The van der Waals surface area contributed by atoms with Gasteiger partial charge in [-0.25, -0.2) is 14.4 Å². The molecule has 1 atom stereocenters. The molecule has 1 aromatic heterocycles. The average molecular weight is 1010 g/mol. The largest absolute Gasteiger partial charge is 0.307 e. The lowest BCUT2D eigenvalue weighted by Gasteiger charge is -2.34. The third-order valence-electron chi connectivity index (χ3n) is 16.4. The highest BCUT2D eigenvalue weighted by Crippen LogP contribution is 2.61. The summed E-state index contributed by atoms with van der Waals surface area (Å²) < 4.78 is 16.8. The number of hydrogen-bond acceptors (Lipinski definition) is 4. The summed E-state index contributed by atoms with van der Waals surface area (Å²) in [5, 5.41) is 4.76. The Labute approximate surface area is 458 Å². The lowest BCUT2D eigenvalue weighted by molar-refractivity contribution is 0.628. The van der Waals surface area contributed by atoms with Crippen LogP contribution in [0.4, 0.5) is 38.8 Å². The van der Waals surface area contributed by atoms with Crippen LogP contribution in [0.3, 0.4) is 0 Å². The Bertz CT molecular complexity index is 4440. The second kappa shape index (κ2) is 18.5. The van der Waals surface area contributed by atoms with Crippen molar-refractivity contribution in [3.63, 3.8) is 0 Å². The van der Waals surface area contributed by atoms with Gasteiger partial charge in [-0.15, -0.1) is 0 Å². The first-order chi connectivity index (χ1) is 39.1. The van der Waals surface area contributed by atoms with Crippen molar-refractivity contribution >= 4 is 61.5 Å². The van der Waals surface area contributed by atoms with Crippen LogP contribution in [0.5, 0.6) is 0 Å². The number of aromatic nitrogens is 2. The minimum atomic E-state index is -0.537. The number of nitrogens with zero attached hydrogens (tertiary/aromatic N) is 4. The fraction of sp³-hybridized carbons (Fsp3) is 0.0270. The minimum Gasteiger partial charge on any atom is -0.307 e. The molecule has 0 aliphatic heterocycles. The number of fused-ring (bicyclic) bond motifs is 11. The van der Waals surface area contributed by atoms with E-state index in [1.165, 1.54) is 55.3 Å². The van der Waals surface area contributed by atoms with Crippen LogP contribution in [0.1, 0.15) is 28.7 Å². The number of para-hydroxylation sites is 2. The highest BCUT2D eigenvalue weighted by Gasteiger charge is 2.46. The third kappa shape index (κ3) is 7.13. The molecule has 0 amide bonds. The Morgan fingerprint density at radius 3 is 1.59 bits per heavy atom. The van der Waals surface area contributed by atoms with E-state index in [2.05, 4.69) is 239 Å². The van der Waals surface area contributed by atoms with Crippen LogP contribution in [-0.2, 0) is 5.41 Å². The van der Waals surface area contributed by atoms with Crippen LogP contribution in [0.15, 0.2) is 280 Å². The topological polar surface area (TPSA) is 32.3 Å². The van der Waals surface area contributed by atoms with E-state index in [-0.39, 0.29) is 5.82 Å². The van der Waals surface area contributed by atoms with Crippen LogP contribution >= 0.6 is 0 Å². The minimum absolute atomic E-state index is 0.303. The van der Waals surface area contributed by atoms with E-state index in [4.69, 9.17) is 0 Å². The number of halogens is 1. The van der Waals surface area contributed by atoms with E-state index in [1.807, 2.05) is 36.4 Å². The van der Waals surface area contributed by atoms with E-state index in [9.17, 15) is 0 Å². The predicted octanol–water partition coefficient (Wildman–Crippen LogP) is 19.7. The van der Waals surface area contributed by atoms with Gasteiger partial charge >= 0.3 is 0 Å². The first-order valence-electron chi connectivity index (χ1n) is 26.9. The van der Waals surface area contributed by atoms with Gasteiger partial charge in [0.2, 0.25) is 5.95 Å². The molecule has 0 saturated heterocycles. The molecule has 12 aromatic rings. The maximum absolute atomic E-state index is 16.8. The summed E-state index contributed by atoms with van der Waals surface area (Å²) in [6, 6.07) is 83.3. The maximum atomic E-state index is 16.8. The van der Waals surface area contributed by atoms with Gasteiger partial charge in [-0.3, -0.25) is 4.90 Å². The van der Waals surface area contributed by atoms with Gasteiger partial charge < -0.3 is 4.90 Å². The van der Waals surface area contributed by atoms with Crippen LogP contribution in [0.2, 0.25) is 0 Å². The summed E-state index contributed by atoms with van der Waals surface area (Å²) in [6.45, 7) is 4.55. The second-order valence-corrected chi connectivity index (χ2v) is 20.6. The molecule has 0 radical (unpaired) electrons. The normalized spacial score (nSPS) is 15.4. The average Bonchev–Trinajstić information content (AvgIpc) is 4.25. The molecule has 1 heterocycles. The monoisotopic (exact) mass is 1010 g/mol. The summed E-state index contributed by atoms with van der Waals surface area (Å²) in [4.78, 5) is 13.6. The third-order valence-corrected chi connectivity index (χ3v) is 16.4. The highest BCUT2D eigenvalue weighted by atomic mass is 19.1. The van der Waals surface area contributed by atoms with Crippen molar-refractivity contribution in [3.05, 3.63) is 308 Å². The Morgan fingerprint density at radius 2 is 0.924 bits per heavy atom. The van der Waals surface area contributed by atoms with Crippen molar-refractivity contribution in [2.75, 3.05) is 9.80 Å². The number of allylic oxidation sites excluding steroid dienone is 5. The predicted molar refractivity (Wildman–Crippen MR) is 325 cm³/mol. The molecule has 11 aromatic carbocycles. The molecule has 0 N–H and O–H groups in total. The Balaban J connectivity index is 0.919.